The Balaban J connectivity index is 1.59. The summed E-state index contributed by atoms with van der Waals surface area (Å²) in [7, 11) is 1.75. The number of nitrogens with zero attached hydrogens (tertiary/aromatic N) is 4. The third kappa shape index (κ3) is 3.46. The number of carbonyl (C=O) groups excluding carboxylic acids is 1. The fourth-order valence-corrected chi connectivity index (χ4v) is 3.84. The number of amides is 1. The number of thiophene rings is 1. The van der Waals surface area contributed by atoms with Gasteiger partial charge in [-0.05, 0) is 18.2 Å². The lowest BCUT2D eigenvalue weighted by Gasteiger charge is -2.06. The van der Waals surface area contributed by atoms with Gasteiger partial charge in [0.15, 0.2) is 5.82 Å². The Labute approximate surface area is 161 Å². The van der Waals surface area contributed by atoms with Gasteiger partial charge in [-0.2, -0.15) is 5.10 Å². The van der Waals surface area contributed by atoms with Crippen molar-refractivity contribution in [2.75, 3.05) is 5.32 Å². The summed E-state index contributed by atoms with van der Waals surface area (Å²) in [6.45, 7) is 0. The second kappa shape index (κ2) is 6.93. The zero-order chi connectivity index (χ0) is 19.0. The van der Waals surface area contributed by atoms with E-state index in [0.717, 1.165) is 0 Å². The molecule has 0 saturated carbocycles. The molecule has 4 heterocycles. The normalized spacial score (nSPS) is 11.0. The number of hydrogen-bond donors (Lipinski definition) is 2. The molecule has 0 unspecified atom stereocenters. The van der Waals surface area contributed by atoms with Crippen molar-refractivity contribution in [3.63, 3.8) is 0 Å². The summed E-state index contributed by atoms with van der Waals surface area (Å²) in [6.07, 6.45) is 3.09. The molecule has 1 amide bonds. The number of rotatable bonds is 4. The van der Waals surface area contributed by atoms with Crippen molar-refractivity contribution in [1.29, 1.82) is 0 Å². The minimum atomic E-state index is -0.341. The molecule has 0 saturated heterocycles. The second-order valence-electron chi connectivity index (χ2n) is 5.81. The number of aromatic nitrogens is 5. The number of aryl methyl sites for hydroxylation is 1. The first-order valence-electron chi connectivity index (χ1n) is 7.91. The maximum absolute atomic E-state index is 12.5. The molecule has 0 atom stereocenters. The number of hydrogen-bond acceptors (Lipinski definition) is 6. The molecule has 0 aliphatic carbocycles. The highest BCUT2D eigenvalue weighted by Gasteiger charge is 2.19. The molecule has 136 valence electrons. The van der Waals surface area contributed by atoms with E-state index >= 15 is 0 Å². The first-order chi connectivity index (χ1) is 13.0. The van der Waals surface area contributed by atoms with E-state index in [2.05, 4.69) is 25.4 Å². The molecule has 0 aliphatic rings. The molecule has 0 aliphatic heterocycles. The predicted molar refractivity (Wildman–Crippen MR) is 104 cm³/mol. The molecule has 2 N–H and O–H groups in total. The van der Waals surface area contributed by atoms with Gasteiger partial charge >= 0.3 is 0 Å². The van der Waals surface area contributed by atoms with Gasteiger partial charge in [0, 0.05) is 24.2 Å². The van der Waals surface area contributed by atoms with Crippen LogP contribution in [-0.4, -0.2) is 30.6 Å². The van der Waals surface area contributed by atoms with Crippen molar-refractivity contribution in [3.05, 3.63) is 57.0 Å². The van der Waals surface area contributed by atoms with Crippen LogP contribution < -0.4 is 10.9 Å². The topological polar surface area (TPSA) is 106 Å². The molecule has 0 radical (unpaired) electrons. The van der Waals surface area contributed by atoms with Crippen LogP contribution in [0.3, 0.4) is 0 Å². The molecule has 4 aromatic rings. The number of halogens is 1. The fourth-order valence-electron chi connectivity index (χ4n) is 2.64. The van der Waals surface area contributed by atoms with E-state index in [9.17, 15) is 9.59 Å². The average molecular weight is 401 g/mol. The summed E-state index contributed by atoms with van der Waals surface area (Å²) in [5.41, 5.74) is 1.82. The lowest BCUT2D eigenvalue weighted by atomic mass is 10.1. The molecule has 27 heavy (non-hydrogen) atoms. The number of pyridine rings is 2. The van der Waals surface area contributed by atoms with Crippen LogP contribution in [0, 0.1) is 0 Å². The van der Waals surface area contributed by atoms with Crippen molar-refractivity contribution < 1.29 is 4.79 Å². The Morgan fingerprint density at radius 3 is 3.04 bits per heavy atom. The maximum Gasteiger partial charge on any atom is 0.252 e. The van der Waals surface area contributed by atoms with Gasteiger partial charge in [0.05, 0.1) is 28.0 Å². The van der Waals surface area contributed by atoms with E-state index in [1.807, 2.05) is 0 Å². The van der Waals surface area contributed by atoms with Gasteiger partial charge in [-0.25, -0.2) is 4.98 Å². The first-order valence-corrected chi connectivity index (χ1v) is 9.17. The number of anilines is 1. The fraction of sp³-hybridized carbons (Fsp3) is 0.118. The second-order valence-corrected chi connectivity index (χ2v) is 7.10. The van der Waals surface area contributed by atoms with E-state index in [1.165, 1.54) is 11.3 Å². The standard InChI is InChI=1S/C17H13ClN6O2S/c1-24-8-20-15(23-24)14-10(18)7-27-17(14)22-13(25)6-9-5-12-11(21-16(9)26)3-2-4-19-12/h2-5,7-8H,6H2,1H3,(H,21,26)(H,22,25). The van der Waals surface area contributed by atoms with Crippen molar-refractivity contribution in [1.82, 2.24) is 24.7 Å². The summed E-state index contributed by atoms with van der Waals surface area (Å²) in [5, 5.41) is 9.71. The van der Waals surface area contributed by atoms with E-state index < -0.39 is 0 Å². The Morgan fingerprint density at radius 2 is 2.26 bits per heavy atom. The third-order valence-electron chi connectivity index (χ3n) is 3.86. The number of carbonyl (C=O) groups is 1. The average Bonchev–Trinajstić information content (AvgIpc) is 3.21. The van der Waals surface area contributed by atoms with Gasteiger partial charge < -0.3 is 10.3 Å². The van der Waals surface area contributed by atoms with E-state index in [-0.39, 0.29) is 17.9 Å². The highest BCUT2D eigenvalue weighted by molar-refractivity contribution is 7.15. The van der Waals surface area contributed by atoms with E-state index in [0.29, 0.717) is 38.0 Å². The Kier molecular flexibility index (Phi) is 4.46. The molecule has 8 nitrogen and oxygen atoms in total. The molecular formula is C17H13ClN6O2S. The first kappa shape index (κ1) is 17.4. The maximum atomic E-state index is 12.5. The van der Waals surface area contributed by atoms with Gasteiger partial charge in [0.25, 0.3) is 5.56 Å². The molecule has 0 bridgehead atoms. The summed E-state index contributed by atoms with van der Waals surface area (Å²) < 4.78 is 1.55. The van der Waals surface area contributed by atoms with Crippen LogP contribution in [0.1, 0.15) is 5.56 Å². The highest BCUT2D eigenvalue weighted by Crippen LogP contribution is 2.38. The minimum Gasteiger partial charge on any atom is -0.320 e. The molecule has 10 heteroatoms. The summed E-state index contributed by atoms with van der Waals surface area (Å²) >= 11 is 7.50. The van der Waals surface area contributed by atoms with Crippen LogP contribution in [-0.2, 0) is 18.3 Å². The molecule has 0 aromatic carbocycles. The minimum absolute atomic E-state index is 0.0908. The zero-order valence-corrected chi connectivity index (χ0v) is 15.6. The third-order valence-corrected chi connectivity index (χ3v) is 5.19. The SMILES string of the molecule is Cn1cnc(-c2c(Cl)csc2NC(=O)Cc2cc3ncccc3[nH]c2=O)n1. The lowest BCUT2D eigenvalue weighted by Crippen LogP contribution is -2.21. The summed E-state index contributed by atoms with van der Waals surface area (Å²) in [5.74, 6) is 0.0817. The number of fused-ring (bicyclic) bond motifs is 1. The molecule has 4 aromatic heterocycles. The van der Waals surface area contributed by atoms with Crippen LogP contribution in [0.15, 0.2) is 40.9 Å². The monoisotopic (exact) mass is 400 g/mol. The Bertz CT molecular complexity index is 1210. The Morgan fingerprint density at radius 1 is 1.41 bits per heavy atom. The smallest absolute Gasteiger partial charge is 0.252 e. The van der Waals surface area contributed by atoms with Crippen LogP contribution in [0.2, 0.25) is 5.02 Å². The van der Waals surface area contributed by atoms with Gasteiger partial charge in [-0.15, -0.1) is 11.3 Å². The lowest BCUT2D eigenvalue weighted by molar-refractivity contribution is -0.115. The summed E-state index contributed by atoms with van der Waals surface area (Å²) in [6, 6.07) is 5.11. The van der Waals surface area contributed by atoms with Crippen LogP contribution in [0.25, 0.3) is 22.4 Å². The van der Waals surface area contributed by atoms with Crippen LogP contribution in [0.5, 0.6) is 0 Å². The van der Waals surface area contributed by atoms with E-state index in [4.69, 9.17) is 11.6 Å². The van der Waals surface area contributed by atoms with Crippen LogP contribution in [0.4, 0.5) is 5.00 Å². The van der Waals surface area contributed by atoms with Gasteiger partial charge in [-0.1, -0.05) is 11.6 Å². The Hall–Kier alpha value is -3.04. The molecule has 0 fully saturated rings. The van der Waals surface area contributed by atoms with Gasteiger partial charge in [-0.3, -0.25) is 19.3 Å². The largest absolute Gasteiger partial charge is 0.320 e. The van der Waals surface area contributed by atoms with Gasteiger partial charge in [0.1, 0.15) is 11.3 Å². The van der Waals surface area contributed by atoms with Crippen molar-refractivity contribution >= 4 is 44.9 Å². The van der Waals surface area contributed by atoms with Crippen molar-refractivity contribution in [2.24, 2.45) is 7.05 Å². The van der Waals surface area contributed by atoms with Crippen molar-refractivity contribution in [2.45, 2.75) is 6.42 Å². The van der Waals surface area contributed by atoms with Crippen molar-refractivity contribution in [3.8, 4) is 11.4 Å². The number of aromatic amines is 1. The highest BCUT2D eigenvalue weighted by atomic mass is 35.5. The summed E-state index contributed by atoms with van der Waals surface area (Å²) in [4.78, 5) is 35.8. The molecular weight excluding hydrogens is 388 g/mol. The quantitative estimate of drug-likeness (QED) is 0.547. The molecule has 0 spiro atoms. The van der Waals surface area contributed by atoms with E-state index in [1.54, 1.807) is 47.8 Å². The zero-order valence-electron chi connectivity index (χ0n) is 14.1. The van der Waals surface area contributed by atoms with Crippen LogP contribution >= 0.6 is 22.9 Å². The number of nitrogens with one attached hydrogen (secondary N) is 2. The predicted octanol–water partition coefficient (Wildman–Crippen LogP) is 2.61. The number of H-pyrrole nitrogens is 1. The van der Waals surface area contributed by atoms with Gasteiger partial charge in [0.2, 0.25) is 5.91 Å². The molecule has 4 rings (SSSR count).